The fraction of sp³-hybridized carbons (Fsp3) is 0.259. The summed E-state index contributed by atoms with van der Waals surface area (Å²) < 4.78 is 0. The Labute approximate surface area is 199 Å². The van der Waals surface area contributed by atoms with Gasteiger partial charge in [-0.3, -0.25) is 19.4 Å². The zero-order valence-corrected chi connectivity index (χ0v) is 19.3. The number of aromatic nitrogens is 1. The minimum atomic E-state index is -0.466. The standard InChI is InChI=1S/C27H28N4O3/c1-3-18(2)23-9-4-5-10-24(23)31-17-20(16-25(31)32)27(34)30-22-8-6-7-19(15-22)26(33)29-21-11-13-28-14-12-21/h4-15,18,20H,3,16-17H2,1-2H3,(H,30,34)(H,28,29,33). The van der Waals surface area contributed by atoms with Gasteiger partial charge in [0.05, 0.1) is 5.92 Å². The molecule has 0 aliphatic carbocycles. The number of carbonyl (C=O) groups is 3. The summed E-state index contributed by atoms with van der Waals surface area (Å²) >= 11 is 0. The van der Waals surface area contributed by atoms with Gasteiger partial charge in [-0.15, -0.1) is 0 Å². The lowest BCUT2D eigenvalue weighted by molar-refractivity contribution is -0.122. The van der Waals surface area contributed by atoms with E-state index in [4.69, 9.17) is 0 Å². The van der Waals surface area contributed by atoms with E-state index in [-0.39, 0.29) is 24.1 Å². The average Bonchev–Trinajstić information content (AvgIpc) is 3.26. The van der Waals surface area contributed by atoms with Crippen LogP contribution in [0, 0.1) is 5.92 Å². The molecule has 4 rings (SSSR count). The summed E-state index contributed by atoms with van der Waals surface area (Å²) in [5.41, 5.74) is 3.57. The van der Waals surface area contributed by atoms with E-state index < -0.39 is 5.92 Å². The zero-order valence-electron chi connectivity index (χ0n) is 19.3. The molecule has 1 saturated heterocycles. The van der Waals surface area contributed by atoms with E-state index in [0.717, 1.165) is 17.7 Å². The molecule has 3 aromatic rings. The number of benzene rings is 2. The van der Waals surface area contributed by atoms with Crippen molar-refractivity contribution in [3.8, 4) is 0 Å². The zero-order chi connectivity index (χ0) is 24.1. The Kier molecular flexibility index (Phi) is 7.01. The Morgan fingerprint density at radius 3 is 2.56 bits per heavy atom. The molecule has 174 valence electrons. The van der Waals surface area contributed by atoms with Crippen LogP contribution in [0.5, 0.6) is 0 Å². The fourth-order valence-electron chi connectivity index (χ4n) is 4.11. The highest BCUT2D eigenvalue weighted by molar-refractivity contribution is 6.06. The van der Waals surface area contributed by atoms with Crippen LogP contribution >= 0.6 is 0 Å². The molecule has 2 heterocycles. The van der Waals surface area contributed by atoms with E-state index in [1.165, 1.54) is 0 Å². The number of para-hydroxylation sites is 1. The van der Waals surface area contributed by atoms with Crippen LogP contribution in [-0.4, -0.2) is 29.3 Å². The van der Waals surface area contributed by atoms with Crippen molar-refractivity contribution >= 4 is 34.8 Å². The molecule has 2 aromatic carbocycles. The molecule has 2 unspecified atom stereocenters. The first-order valence-electron chi connectivity index (χ1n) is 11.5. The first kappa shape index (κ1) is 23.2. The van der Waals surface area contributed by atoms with E-state index >= 15 is 0 Å². The molecular weight excluding hydrogens is 428 g/mol. The SMILES string of the molecule is CCC(C)c1ccccc1N1CC(C(=O)Nc2cccc(C(=O)Nc3ccncc3)c2)CC1=O. The summed E-state index contributed by atoms with van der Waals surface area (Å²) in [7, 11) is 0. The van der Waals surface area contributed by atoms with Gasteiger partial charge in [0.25, 0.3) is 5.91 Å². The second-order valence-electron chi connectivity index (χ2n) is 8.53. The molecule has 1 aromatic heterocycles. The van der Waals surface area contributed by atoms with Crippen molar-refractivity contribution in [3.05, 3.63) is 84.2 Å². The predicted molar refractivity (Wildman–Crippen MR) is 133 cm³/mol. The summed E-state index contributed by atoms with van der Waals surface area (Å²) in [6.07, 6.45) is 4.32. The van der Waals surface area contributed by atoms with E-state index in [0.29, 0.717) is 29.4 Å². The lowest BCUT2D eigenvalue weighted by atomic mass is 9.96. The number of nitrogens with one attached hydrogen (secondary N) is 2. The first-order valence-corrected chi connectivity index (χ1v) is 11.5. The molecular formula is C27H28N4O3. The number of pyridine rings is 1. The van der Waals surface area contributed by atoms with E-state index in [1.54, 1.807) is 53.7 Å². The molecule has 7 nitrogen and oxygen atoms in total. The molecule has 0 spiro atoms. The summed E-state index contributed by atoms with van der Waals surface area (Å²) in [6, 6.07) is 18.0. The summed E-state index contributed by atoms with van der Waals surface area (Å²) in [4.78, 5) is 44.0. The topological polar surface area (TPSA) is 91.4 Å². The van der Waals surface area contributed by atoms with Crippen LogP contribution in [-0.2, 0) is 9.59 Å². The molecule has 0 radical (unpaired) electrons. The van der Waals surface area contributed by atoms with Crippen molar-refractivity contribution in [2.75, 3.05) is 22.1 Å². The van der Waals surface area contributed by atoms with Gasteiger partial charge in [0.2, 0.25) is 11.8 Å². The number of hydrogen-bond donors (Lipinski definition) is 2. The van der Waals surface area contributed by atoms with E-state index in [1.807, 2.05) is 24.3 Å². The van der Waals surface area contributed by atoms with Gasteiger partial charge in [0.1, 0.15) is 0 Å². The molecule has 7 heteroatoms. The number of rotatable bonds is 7. The highest BCUT2D eigenvalue weighted by atomic mass is 16.2. The molecule has 1 aliphatic heterocycles. The molecule has 0 bridgehead atoms. The number of hydrogen-bond acceptors (Lipinski definition) is 4. The highest BCUT2D eigenvalue weighted by Crippen LogP contribution is 2.33. The van der Waals surface area contributed by atoms with Gasteiger partial charge in [-0.2, -0.15) is 0 Å². The van der Waals surface area contributed by atoms with Crippen molar-refractivity contribution in [1.82, 2.24) is 4.98 Å². The number of anilines is 3. The smallest absolute Gasteiger partial charge is 0.255 e. The van der Waals surface area contributed by atoms with Crippen molar-refractivity contribution in [3.63, 3.8) is 0 Å². The second kappa shape index (κ2) is 10.3. The number of nitrogens with zero attached hydrogens (tertiary/aromatic N) is 2. The van der Waals surface area contributed by atoms with Gasteiger partial charge in [0.15, 0.2) is 0 Å². The Morgan fingerprint density at radius 1 is 1.03 bits per heavy atom. The first-order chi connectivity index (χ1) is 16.5. The maximum absolute atomic E-state index is 13.0. The lowest BCUT2D eigenvalue weighted by Gasteiger charge is -2.23. The van der Waals surface area contributed by atoms with Crippen LogP contribution in [0.3, 0.4) is 0 Å². The largest absolute Gasteiger partial charge is 0.326 e. The summed E-state index contributed by atoms with van der Waals surface area (Å²) in [5, 5.41) is 5.68. The van der Waals surface area contributed by atoms with Gasteiger partial charge in [0, 0.05) is 48.0 Å². The Hall–Kier alpha value is -4.00. The van der Waals surface area contributed by atoms with Crippen LogP contribution in [0.25, 0.3) is 0 Å². The molecule has 1 fully saturated rings. The van der Waals surface area contributed by atoms with E-state index in [2.05, 4.69) is 29.5 Å². The van der Waals surface area contributed by atoms with Gasteiger partial charge in [-0.25, -0.2) is 0 Å². The van der Waals surface area contributed by atoms with Gasteiger partial charge >= 0.3 is 0 Å². The normalized spacial score (nSPS) is 16.2. The number of amides is 3. The van der Waals surface area contributed by atoms with Gasteiger partial charge in [-0.05, 0) is 54.3 Å². The average molecular weight is 457 g/mol. The van der Waals surface area contributed by atoms with E-state index in [9.17, 15) is 14.4 Å². The summed E-state index contributed by atoms with van der Waals surface area (Å²) in [6.45, 7) is 4.59. The molecule has 34 heavy (non-hydrogen) atoms. The maximum Gasteiger partial charge on any atom is 0.255 e. The third kappa shape index (κ3) is 5.14. The Balaban J connectivity index is 1.44. The monoisotopic (exact) mass is 456 g/mol. The molecule has 0 saturated carbocycles. The van der Waals surface area contributed by atoms with Gasteiger partial charge < -0.3 is 15.5 Å². The van der Waals surface area contributed by atoms with Crippen molar-refractivity contribution in [2.24, 2.45) is 5.92 Å². The third-order valence-electron chi connectivity index (χ3n) is 6.20. The fourth-order valence-corrected chi connectivity index (χ4v) is 4.11. The Morgan fingerprint density at radius 2 is 1.79 bits per heavy atom. The van der Waals surface area contributed by atoms with Crippen LogP contribution in [0.1, 0.15) is 48.5 Å². The van der Waals surface area contributed by atoms with Crippen LogP contribution in [0.15, 0.2) is 73.1 Å². The Bertz CT molecular complexity index is 1200. The highest BCUT2D eigenvalue weighted by Gasteiger charge is 2.36. The second-order valence-corrected chi connectivity index (χ2v) is 8.53. The van der Waals surface area contributed by atoms with Crippen molar-refractivity contribution in [2.45, 2.75) is 32.6 Å². The van der Waals surface area contributed by atoms with Crippen molar-refractivity contribution in [1.29, 1.82) is 0 Å². The molecule has 2 N–H and O–H groups in total. The molecule has 3 amide bonds. The van der Waals surface area contributed by atoms with Crippen LogP contribution < -0.4 is 15.5 Å². The molecule has 1 aliphatic rings. The quantitative estimate of drug-likeness (QED) is 0.532. The predicted octanol–water partition coefficient (Wildman–Crippen LogP) is 4.84. The number of carbonyl (C=O) groups excluding carboxylic acids is 3. The third-order valence-corrected chi connectivity index (χ3v) is 6.20. The molecule has 2 atom stereocenters. The lowest BCUT2D eigenvalue weighted by Crippen LogP contribution is -2.29. The van der Waals surface area contributed by atoms with Crippen molar-refractivity contribution < 1.29 is 14.4 Å². The summed E-state index contributed by atoms with van der Waals surface area (Å²) in [5.74, 6) is -0.721. The maximum atomic E-state index is 13.0. The van der Waals surface area contributed by atoms with Crippen LogP contribution in [0.4, 0.5) is 17.1 Å². The van der Waals surface area contributed by atoms with Crippen LogP contribution in [0.2, 0.25) is 0 Å². The minimum Gasteiger partial charge on any atom is -0.326 e. The van der Waals surface area contributed by atoms with Gasteiger partial charge in [-0.1, -0.05) is 38.1 Å². The minimum absolute atomic E-state index is 0.0543.